The first-order valence-electron chi connectivity index (χ1n) is 7.49. The van der Waals surface area contributed by atoms with Gasteiger partial charge in [0.15, 0.2) is 23.9 Å². The lowest BCUT2D eigenvalue weighted by atomic mass is 10.1. The van der Waals surface area contributed by atoms with Crippen LogP contribution in [0.5, 0.6) is 11.5 Å². The Balaban J connectivity index is 1.95. The summed E-state index contributed by atoms with van der Waals surface area (Å²) in [7, 11) is 2.97. The minimum absolute atomic E-state index is 0.351. The van der Waals surface area contributed by atoms with Gasteiger partial charge in [-0.05, 0) is 42.0 Å². The van der Waals surface area contributed by atoms with E-state index in [2.05, 4.69) is 0 Å². The number of ether oxygens (including phenoxy) is 3. The summed E-state index contributed by atoms with van der Waals surface area (Å²) in [5.41, 5.74) is 1.03. The van der Waals surface area contributed by atoms with Gasteiger partial charge in [-0.2, -0.15) is 0 Å². The average molecular weight is 395 g/mol. The average Bonchev–Trinajstić information content (AvgIpc) is 2.66. The van der Waals surface area contributed by atoms with E-state index >= 15 is 0 Å². The molecule has 7 heteroatoms. The molecule has 0 saturated heterocycles. The summed E-state index contributed by atoms with van der Waals surface area (Å²) in [5, 5.41) is 0.803. The fourth-order valence-electron chi connectivity index (χ4n) is 2.06. The number of benzene rings is 2. The lowest BCUT2D eigenvalue weighted by Crippen LogP contribution is -2.12. The van der Waals surface area contributed by atoms with Crippen LogP contribution in [0.2, 0.25) is 10.0 Å². The molecule has 26 heavy (non-hydrogen) atoms. The van der Waals surface area contributed by atoms with Gasteiger partial charge in [0, 0.05) is 11.6 Å². The number of carbonyl (C=O) groups is 2. The zero-order valence-electron chi connectivity index (χ0n) is 14.1. The van der Waals surface area contributed by atoms with Crippen LogP contribution >= 0.6 is 23.2 Å². The van der Waals surface area contributed by atoms with E-state index in [1.165, 1.54) is 32.4 Å². The summed E-state index contributed by atoms with van der Waals surface area (Å²) in [4.78, 5) is 23.9. The molecule has 0 radical (unpaired) electrons. The van der Waals surface area contributed by atoms with Crippen molar-refractivity contribution in [1.29, 1.82) is 0 Å². The van der Waals surface area contributed by atoms with E-state index in [1.54, 1.807) is 30.3 Å². The van der Waals surface area contributed by atoms with Gasteiger partial charge in [-0.15, -0.1) is 0 Å². The van der Waals surface area contributed by atoms with Crippen LogP contribution in [-0.4, -0.2) is 32.6 Å². The maximum Gasteiger partial charge on any atom is 0.331 e. The molecule has 0 amide bonds. The highest BCUT2D eigenvalue weighted by atomic mass is 35.5. The quantitative estimate of drug-likeness (QED) is 0.394. The predicted molar refractivity (Wildman–Crippen MR) is 100 cm³/mol. The third kappa shape index (κ3) is 5.25. The van der Waals surface area contributed by atoms with Crippen LogP contribution in [0, 0.1) is 0 Å². The molecule has 0 atom stereocenters. The van der Waals surface area contributed by atoms with Crippen LogP contribution in [-0.2, 0) is 9.53 Å². The highest BCUT2D eigenvalue weighted by Crippen LogP contribution is 2.27. The molecule has 0 N–H and O–H groups in total. The molecule has 2 aromatic rings. The number of rotatable bonds is 7. The Hall–Kier alpha value is -2.50. The van der Waals surface area contributed by atoms with Gasteiger partial charge in [-0.25, -0.2) is 4.79 Å². The molecule has 0 aliphatic rings. The maximum absolute atomic E-state index is 12.1. The maximum atomic E-state index is 12.1. The zero-order chi connectivity index (χ0) is 19.1. The Morgan fingerprint density at radius 1 is 0.962 bits per heavy atom. The Bertz CT molecular complexity index is 846. The van der Waals surface area contributed by atoms with Crippen molar-refractivity contribution in [3.63, 3.8) is 0 Å². The molecule has 0 aliphatic carbocycles. The second kappa shape index (κ2) is 9.27. The first-order chi connectivity index (χ1) is 12.4. The van der Waals surface area contributed by atoms with E-state index in [-0.39, 0.29) is 12.4 Å². The number of halogens is 2. The fourth-order valence-corrected chi connectivity index (χ4v) is 2.36. The topological polar surface area (TPSA) is 61.8 Å². The van der Waals surface area contributed by atoms with Crippen molar-refractivity contribution in [3.8, 4) is 11.5 Å². The SMILES string of the molecule is COc1ccc(C(=O)COC(=O)/C=C/c2ccc(Cl)c(Cl)c2)cc1OC. The number of hydrogen-bond donors (Lipinski definition) is 0. The van der Waals surface area contributed by atoms with Crippen LogP contribution in [0.15, 0.2) is 42.5 Å². The fraction of sp³-hybridized carbons (Fsp3) is 0.158. The van der Waals surface area contributed by atoms with Gasteiger partial charge >= 0.3 is 5.97 Å². The molecule has 0 unspecified atom stereocenters. The monoisotopic (exact) mass is 394 g/mol. The van der Waals surface area contributed by atoms with Crippen LogP contribution < -0.4 is 9.47 Å². The second-order valence-corrected chi connectivity index (χ2v) is 5.92. The third-order valence-electron chi connectivity index (χ3n) is 3.41. The van der Waals surface area contributed by atoms with E-state index < -0.39 is 5.97 Å². The van der Waals surface area contributed by atoms with Crippen LogP contribution in [0.1, 0.15) is 15.9 Å². The van der Waals surface area contributed by atoms with Gasteiger partial charge in [0.05, 0.1) is 24.3 Å². The number of esters is 1. The van der Waals surface area contributed by atoms with E-state index in [1.807, 2.05) is 0 Å². The molecule has 2 rings (SSSR count). The molecule has 5 nitrogen and oxygen atoms in total. The van der Waals surface area contributed by atoms with E-state index in [4.69, 9.17) is 37.4 Å². The zero-order valence-corrected chi connectivity index (χ0v) is 15.6. The first-order valence-corrected chi connectivity index (χ1v) is 8.25. The Kier molecular flexibility index (Phi) is 7.06. The van der Waals surface area contributed by atoms with Crippen molar-refractivity contribution in [3.05, 3.63) is 63.6 Å². The second-order valence-electron chi connectivity index (χ2n) is 5.11. The minimum Gasteiger partial charge on any atom is -0.493 e. The molecular formula is C19H16Cl2O5. The molecule has 0 saturated carbocycles. The number of ketones is 1. The van der Waals surface area contributed by atoms with Crippen LogP contribution in [0.4, 0.5) is 0 Å². The summed E-state index contributed by atoms with van der Waals surface area (Å²) < 4.78 is 15.2. The normalized spacial score (nSPS) is 10.6. The van der Waals surface area contributed by atoms with Crippen LogP contribution in [0.25, 0.3) is 6.08 Å². The van der Waals surface area contributed by atoms with Crippen LogP contribution in [0.3, 0.4) is 0 Å². The highest BCUT2D eigenvalue weighted by Gasteiger charge is 2.12. The standard InChI is InChI=1S/C19H16Cl2O5/c1-24-17-7-5-13(10-18(17)25-2)16(22)11-26-19(23)8-4-12-3-6-14(20)15(21)9-12/h3-10H,11H2,1-2H3/b8-4+. The highest BCUT2D eigenvalue weighted by molar-refractivity contribution is 6.42. The summed E-state index contributed by atoms with van der Waals surface area (Å²) in [5.74, 6) is -0.0815. The number of methoxy groups -OCH3 is 2. The Labute approximate surface area is 161 Å². The molecule has 136 valence electrons. The van der Waals surface area contributed by atoms with Crippen molar-refractivity contribution in [1.82, 2.24) is 0 Å². The van der Waals surface area contributed by atoms with Gasteiger partial charge in [0.2, 0.25) is 0 Å². The van der Waals surface area contributed by atoms with E-state index in [0.29, 0.717) is 32.7 Å². The number of Topliss-reactive ketones (excluding diaryl/α,β-unsaturated/α-hetero) is 1. The molecule has 0 heterocycles. The van der Waals surface area contributed by atoms with Gasteiger partial charge in [0.1, 0.15) is 0 Å². The molecule has 2 aromatic carbocycles. The van der Waals surface area contributed by atoms with Gasteiger partial charge in [-0.1, -0.05) is 29.3 Å². The summed E-state index contributed by atoms with van der Waals surface area (Å²) in [6.07, 6.45) is 2.73. The smallest absolute Gasteiger partial charge is 0.331 e. The van der Waals surface area contributed by atoms with Gasteiger partial charge in [0.25, 0.3) is 0 Å². The van der Waals surface area contributed by atoms with E-state index in [9.17, 15) is 9.59 Å². The molecule has 0 aliphatic heterocycles. The minimum atomic E-state index is -0.648. The van der Waals surface area contributed by atoms with Crippen molar-refractivity contribution in [2.45, 2.75) is 0 Å². The summed E-state index contributed by atoms with van der Waals surface area (Å²) >= 11 is 11.7. The predicted octanol–water partition coefficient (Wildman–Crippen LogP) is 4.45. The lowest BCUT2D eigenvalue weighted by Gasteiger charge is -2.09. The Morgan fingerprint density at radius 2 is 1.69 bits per heavy atom. The largest absolute Gasteiger partial charge is 0.493 e. The molecule has 0 spiro atoms. The number of carbonyl (C=O) groups excluding carboxylic acids is 2. The summed E-state index contributed by atoms with van der Waals surface area (Å²) in [6, 6.07) is 9.65. The van der Waals surface area contributed by atoms with Crippen molar-refractivity contribution in [2.24, 2.45) is 0 Å². The van der Waals surface area contributed by atoms with Gasteiger partial charge < -0.3 is 14.2 Å². The van der Waals surface area contributed by atoms with E-state index in [0.717, 1.165) is 0 Å². The first kappa shape index (κ1) is 19.8. The molecule has 0 bridgehead atoms. The third-order valence-corrected chi connectivity index (χ3v) is 4.15. The number of hydrogen-bond acceptors (Lipinski definition) is 5. The summed E-state index contributed by atoms with van der Waals surface area (Å²) in [6.45, 7) is -0.389. The van der Waals surface area contributed by atoms with Gasteiger partial charge in [-0.3, -0.25) is 4.79 Å². The van der Waals surface area contributed by atoms with Crippen molar-refractivity contribution >= 4 is 41.0 Å². The van der Waals surface area contributed by atoms with Crippen molar-refractivity contribution < 1.29 is 23.8 Å². The molecular weight excluding hydrogens is 379 g/mol. The molecule has 0 aromatic heterocycles. The lowest BCUT2D eigenvalue weighted by molar-refractivity contribution is -0.136. The Morgan fingerprint density at radius 3 is 2.35 bits per heavy atom. The van der Waals surface area contributed by atoms with Crippen molar-refractivity contribution in [2.75, 3.05) is 20.8 Å². The molecule has 0 fully saturated rings.